The first-order valence-electron chi connectivity index (χ1n) is 7.86. The van der Waals surface area contributed by atoms with Gasteiger partial charge in [-0.1, -0.05) is 19.8 Å². The van der Waals surface area contributed by atoms with Crippen molar-refractivity contribution in [3.63, 3.8) is 0 Å². The second-order valence-electron chi connectivity index (χ2n) is 5.47. The molecule has 4 heteroatoms. The zero-order valence-corrected chi connectivity index (χ0v) is 12.9. The van der Waals surface area contributed by atoms with Crippen molar-refractivity contribution < 1.29 is 4.74 Å². The Bertz CT molecular complexity index is 248. The lowest BCUT2D eigenvalue weighted by molar-refractivity contribution is 0.152. The summed E-state index contributed by atoms with van der Waals surface area (Å²) in [6.07, 6.45) is 5.41. The van der Waals surface area contributed by atoms with E-state index in [1.54, 1.807) is 0 Å². The predicted octanol–water partition coefficient (Wildman–Crippen LogP) is 2.40. The Balaban J connectivity index is 2.26. The summed E-state index contributed by atoms with van der Waals surface area (Å²) in [5.74, 6) is 2.62. The van der Waals surface area contributed by atoms with Gasteiger partial charge in [-0.2, -0.15) is 0 Å². The van der Waals surface area contributed by atoms with Crippen molar-refractivity contribution in [1.29, 1.82) is 0 Å². The third kappa shape index (κ3) is 7.41. The van der Waals surface area contributed by atoms with E-state index in [0.29, 0.717) is 0 Å². The SMILES string of the molecule is CCNC(=NCC1CCC(C)CC1)NCCOCC. The Kier molecular flexibility index (Phi) is 8.63. The van der Waals surface area contributed by atoms with Crippen LogP contribution in [0.25, 0.3) is 0 Å². The third-order valence-corrected chi connectivity index (χ3v) is 3.73. The van der Waals surface area contributed by atoms with Crippen LogP contribution in [-0.4, -0.2) is 38.8 Å². The summed E-state index contributed by atoms with van der Waals surface area (Å²) in [6, 6.07) is 0. The highest BCUT2D eigenvalue weighted by Crippen LogP contribution is 2.28. The van der Waals surface area contributed by atoms with Crippen LogP contribution in [0.2, 0.25) is 0 Å². The molecule has 0 radical (unpaired) electrons. The average Bonchev–Trinajstić information content (AvgIpc) is 2.42. The lowest BCUT2D eigenvalue weighted by atomic mass is 9.83. The molecule has 19 heavy (non-hydrogen) atoms. The van der Waals surface area contributed by atoms with E-state index < -0.39 is 0 Å². The maximum absolute atomic E-state index is 5.32. The molecule has 1 saturated carbocycles. The molecule has 0 bridgehead atoms. The molecule has 1 aliphatic rings. The van der Waals surface area contributed by atoms with Crippen molar-refractivity contribution in [2.75, 3.05) is 32.8 Å². The highest BCUT2D eigenvalue weighted by molar-refractivity contribution is 5.79. The summed E-state index contributed by atoms with van der Waals surface area (Å²) in [4.78, 5) is 4.70. The van der Waals surface area contributed by atoms with Crippen LogP contribution in [0, 0.1) is 11.8 Å². The van der Waals surface area contributed by atoms with Gasteiger partial charge in [0, 0.05) is 26.2 Å². The minimum atomic E-state index is 0.738. The summed E-state index contributed by atoms with van der Waals surface area (Å²) in [5, 5.41) is 6.61. The van der Waals surface area contributed by atoms with Gasteiger partial charge in [0.1, 0.15) is 0 Å². The van der Waals surface area contributed by atoms with E-state index in [1.165, 1.54) is 25.7 Å². The molecule has 2 N–H and O–H groups in total. The third-order valence-electron chi connectivity index (χ3n) is 3.73. The van der Waals surface area contributed by atoms with Crippen molar-refractivity contribution >= 4 is 5.96 Å². The van der Waals surface area contributed by atoms with Crippen LogP contribution < -0.4 is 10.6 Å². The first-order chi connectivity index (χ1) is 9.26. The van der Waals surface area contributed by atoms with Crippen LogP contribution >= 0.6 is 0 Å². The molecular weight excluding hydrogens is 238 g/mol. The van der Waals surface area contributed by atoms with Crippen LogP contribution in [-0.2, 0) is 4.74 Å². The molecule has 0 amide bonds. The van der Waals surface area contributed by atoms with Crippen molar-refractivity contribution in [1.82, 2.24) is 10.6 Å². The Labute approximate surface area is 118 Å². The van der Waals surface area contributed by atoms with Gasteiger partial charge in [0.05, 0.1) is 6.61 Å². The van der Waals surface area contributed by atoms with E-state index in [4.69, 9.17) is 9.73 Å². The van der Waals surface area contributed by atoms with Gasteiger partial charge in [-0.05, 0) is 38.5 Å². The maximum Gasteiger partial charge on any atom is 0.191 e. The monoisotopic (exact) mass is 269 g/mol. The lowest BCUT2D eigenvalue weighted by Crippen LogP contribution is -2.39. The number of rotatable bonds is 7. The minimum absolute atomic E-state index is 0.738. The van der Waals surface area contributed by atoms with Gasteiger partial charge < -0.3 is 15.4 Å². The summed E-state index contributed by atoms with van der Waals surface area (Å²) in [7, 11) is 0. The number of ether oxygens (including phenoxy) is 1. The Morgan fingerprint density at radius 3 is 2.53 bits per heavy atom. The molecule has 0 unspecified atom stereocenters. The van der Waals surface area contributed by atoms with Gasteiger partial charge in [-0.3, -0.25) is 4.99 Å². The number of hydrogen-bond acceptors (Lipinski definition) is 2. The summed E-state index contributed by atoms with van der Waals surface area (Å²) in [5.41, 5.74) is 0. The smallest absolute Gasteiger partial charge is 0.191 e. The van der Waals surface area contributed by atoms with Gasteiger partial charge in [0.2, 0.25) is 0 Å². The summed E-state index contributed by atoms with van der Waals surface area (Å²) in [6.45, 7) is 10.7. The van der Waals surface area contributed by atoms with Crippen molar-refractivity contribution in [2.45, 2.75) is 46.5 Å². The number of guanidine groups is 1. The van der Waals surface area contributed by atoms with Crippen molar-refractivity contribution in [3.05, 3.63) is 0 Å². The second kappa shape index (κ2) is 10.1. The van der Waals surface area contributed by atoms with Gasteiger partial charge in [0.25, 0.3) is 0 Å². The number of nitrogens with zero attached hydrogens (tertiary/aromatic N) is 1. The van der Waals surface area contributed by atoms with Crippen molar-refractivity contribution in [2.24, 2.45) is 16.8 Å². The number of aliphatic imine (C=N–C) groups is 1. The van der Waals surface area contributed by atoms with Crippen molar-refractivity contribution in [3.8, 4) is 0 Å². The molecule has 1 aliphatic carbocycles. The lowest BCUT2D eigenvalue weighted by Gasteiger charge is -2.25. The minimum Gasteiger partial charge on any atom is -0.380 e. The molecule has 0 saturated heterocycles. The zero-order valence-electron chi connectivity index (χ0n) is 12.9. The first kappa shape index (κ1) is 16.3. The Morgan fingerprint density at radius 2 is 1.89 bits per heavy atom. The fourth-order valence-electron chi connectivity index (χ4n) is 2.46. The summed E-state index contributed by atoms with van der Waals surface area (Å²) < 4.78 is 5.32. The van der Waals surface area contributed by atoms with Gasteiger partial charge >= 0.3 is 0 Å². The van der Waals surface area contributed by atoms with E-state index >= 15 is 0 Å². The Hall–Kier alpha value is -0.770. The van der Waals surface area contributed by atoms with E-state index in [9.17, 15) is 0 Å². The second-order valence-corrected chi connectivity index (χ2v) is 5.47. The quantitative estimate of drug-likeness (QED) is 0.424. The molecule has 1 fully saturated rings. The molecule has 0 atom stereocenters. The van der Waals surface area contributed by atoms with E-state index in [-0.39, 0.29) is 0 Å². The van der Waals surface area contributed by atoms with Crippen LogP contribution in [0.4, 0.5) is 0 Å². The average molecular weight is 269 g/mol. The maximum atomic E-state index is 5.32. The van der Waals surface area contributed by atoms with E-state index in [2.05, 4.69) is 24.5 Å². The van der Waals surface area contributed by atoms with Crippen LogP contribution in [0.3, 0.4) is 0 Å². The standard InChI is InChI=1S/C15H31N3O/c1-4-16-15(17-10-11-19-5-2)18-12-14-8-6-13(3)7-9-14/h13-14H,4-12H2,1-3H3,(H2,16,17,18). The van der Waals surface area contributed by atoms with Gasteiger partial charge in [0.15, 0.2) is 5.96 Å². The highest BCUT2D eigenvalue weighted by atomic mass is 16.5. The van der Waals surface area contributed by atoms with Crippen LogP contribution in [0.5, 0.6) is 0 Å². The van der Waals surface area contributed by atoms with Gasteiger partial charge in [-0.15, -0.1) is 0 Å². The number of nitrogens with one attached hydrogen (secondary N) is 2. The predicted molar refractivity (Wildman–Crippen MR) is 81.6 cm³/mol. The largest absolute Gasteiger partial charge is 0.380 e. The molecule has 112 valence electrons. The summed E-state index contributed by atoms with van der Waals surface area (Å²) >= 11 is 0. The highest BCUT2D eigenvalue weighted by Gasteiger charge is 2.17. The van der Waals surface area contributed by atoms with E-state index in [1.807, 2.05) is 6.92 Å². The van der Waals surface area contributed by atoms with E-state index in [0.717, 1.165) is 50.6 Å². The molecule has 0 aromatic heterocycles. The molecule has 0 aromatic rings. The molecule has 0 spiro atoms. The molecule has 4 nitrogen and oxygen atoms in total. The van der Waals surface area contributed by atoms with Gasteiger partial charge in [-0.25, -0.2) is 0 Å². The fourth-order valence-corrected chi connectivity index (χ4v) is 2.46. The zero-order chi connectivity index (χ0) is 13.9. The van der Waals surface area contributed by atoms with Crippen LogP contribution in [0.15, 0.2) is 4.99 Å². The molecular formula is C15H31N3O. The number of hydrogen-bond donors (Lipinski definition) is 2. The Morgan fingerprint density at radius 1 is 1.16 bits per heavy atom. The molecule has 0 aromatic carbocycles. The van der Waals surface area contributed by atoms with Crippen LogP contribution in [0.1, 0.15) is 46.5 Å². The molecule has 1 rings (SSSR count). The fraction of sp³-hybridized carbons (Fsp3) is 0.933. The normalized spacial score (nSPS) is 24.3. The molecule has 0 aliphatic heterocycles. The first-order valence-corrected chi connectivity index (χ1v) is 7.86. The molecule has 0 heterocycles. The topological polar surface area (TPSA) is 45.7 Å².